The van der Waals surface area contributed by atoms with Crippen molar-refractivity contribution in [1.29, 1.82) is 0 Å². The van der Waals surface area contributed by atoms with Crippen LogP contribution in [0.15, 0.2) is 48.8 Å². The van der Waals surface area contributed by atoms with Crippen LogP contribution < -0.4 is 15.8 Å². The van der Waals surface area contributed by atoms with Crippen molar-refractivity contribution in [2.24, 2.45) is 0 Å². The number of aromatic nitrogens is 5. The van der Waals surface area contributed by atoms with Crippen molar-refractivity contribution in [2.75, 3.05) is 24.3 Å². The fraction of sp³-hybridized carbons (Fsp3) is 0.304. The molecule has 0 amide bonds. The van der Waals surface area contributed by atoms with Gasteiger partial charge in [-0.05, 0) is 44.5 Å². The van der Waals surface area contributed by atoms with Crippen molar-refractivity contribution in [3.05, 3.63) is 60.2 Å². The molecule has 0 saturated carbocycles. The van der Waals surface area contributed by atoms with E-state index in [4.69, 9.17) is 15.2 Å². The molecule has 0 fully saturated rings. The van der Waals surface area contributed by atoms with Gasteiger partial charge in [-0.15, -0.1) is 5.10 Å². The van der Waals surface area contributed by atoms with Gasteiger partial charge in [-0.1, -0.05) is 12.1 Å². The van der Waals surface area contributed by atoms with Crippen LogP contribution in [0.4, 0.5) is 16.0 Å². The summed E-state index contributed by atoms with van der Waals surface area (Å²) in [6.45, 7) is 6.56. The summed E-state index contributed by atoms with van der Waals surface area (Å²) in [5, 5.41) is 7.64. The largest absolute Gasteiger partial charge is 0.461 e. The van der Waals surface area contributed by atoms with Crippen molar-refractivity contribution in [1.82, 2.24) is 24.6 Å². The van der Waals surface area contributed by atoms with Gasteiger partial charge in [-0.25, -0.2) is 13.9 Å². The third-order valence-corrected chi connectivity index (χ3v) is 4.88. The van der Waals surface area contributed by atoms with Gasteiger partial charge in [0.2, 0.25) is 0 Å². The van der Waals surface area contributed by atoms with Gasteiger partial charge in [0.05, 0.1) is 24.0 Å². The van der Waals surface area contributed by atoms with Gasteiger partial charge in [0.1, 0.15) is 18.2 Å². The molecular weight excluding hydrogens is 425 g/mol. The van der Waals surface area contributed by atoms with Crippen molar-refractivity contribution in [2.45, 2.75) is 32.9 Å². The lowest BCUT2D eigenvalue weighted by molar-refractivity contribution is 0.0532. The van der Waals surface area contributed by atoms with Crippen LogP contribution in [-0.2, 0) is 4.74 Å². The minimum absolute atomic E-state index is 0. The molecule has 9 nitrogen and oxygen atoms in total. The quantitative estimate of drug-likeness (QED) is 0.350. The highest BCUT2D eigenvalue weighted by Crippen LogP contribution is 2.31. The number of nitrogens with one attached hydrogen (secondary N) is 1. The Morgan fingerprint density at radius 3 is 2.70 bits per heavy atom. The summed E-state index contributed by atoms with van der Waals surface area (Å²) in [6.07, 6.45) is 3.52. The lowest BCUT2D eigenvalue weighted by atomic mass is 10.1. The summed E-state index contributed by atoms with van der Waals surface area (Å²) in [7, 11) is 0. The van der Waals surface area contributed by atoms with Gasteiger partial charge in [-0.2, -0.15) is 9.97 Å². The molecule has 3 aromatic heterocycles. The minimum Gasteiger partial charge on any atom is -0.461 e. The monoisotopic (exact) mass is 457 g/mol. The molecule has 0 aliphatic heterocycles. The molecule has 0 unspecified atom stereocenters. The molecule has 0 saturated heterocycles. The van der Waals surface area contributed by atoms with E-state index in [0.717, 1.165) is 5.56 Å². The van der Waals surface area contributed by atoms with E-state index in [9.17, 15) is 4.39 Å². The van der Waals surface area contributed by atoms with E-state index in [2.05, 4.69) is 25.4 Å². The number of nitrogens with two attached hydrogens (primary N) is 1. The lowest BCUT2D eigenvalue weighted by Gasteiger charge is -2.16. The molecule has 33 heavy (non-hydrogen) atoms. The lowest BCUT2D eigenvalue weighted by Crippen LogP contribution is -2.14. The number of fused-ring (bicyclic) bond motifs is 1. The molecule has 4 aromatic rings. The number of benzene rings is 1. The Bertz CT molecular complexity index is 1240. The van der Waals surface area contributed by atoms with E-state index in [1.165, 1.54) is 12.1 Å². The summed E-state index contributed by atoms with van der Waals surface area (Å²) in [6, 6.07) is 9.85. The smallest absolute Gasteiger partial charge is 0.319 e. The molecule has 0 radical (unpaired) electrons. The number of nitrogen functional groups attached to an aromatic ring is 1. The summed E-state index contributed by atoms with van der Waals surface area (Å²) in [5.74, 6) is 0.524. The maximum atomic E-state index is 13.3. The van der Waals surface area contributed by atoms with Crippen LogP contribution in [-0.4, -0.2) is 43.9 Å². The number of anilines is 2. The van der Waals surface area contributed by atoms with Gasteiger partial charge in [0.15, 0.2) is 11.5 Å². The molecule has 4 rings (SSSR count). The molecule has 1 atom stereocenters. The third kappa shape index (κ3) is 5.35. The number of hydrogen-bond donors (Lipinski definition) is 2. The van der Waals surface area contributed by atoms with Gasteiger partial charge in [0.25, 0.3) is 0 Å². The maximum Gasteiger partial charge on any atom is 0.319 e. The van der Waals surface area contributed by atoms with E-state index in [1.807, 2.05) is 20.8 Å². The predicted octanol–water partition coefficient (Wildman–Crippen LogP) is 4.62. The van der Waals surface area contributed by atoms with E-state index >= 15 is 0 Å². The SMILES string of the molecule is CC(C)OCCOc1nc(N[C@@H](C)c2ccc(F)cc2)cc(-c2c(N)nn3cccnc23)n1.[HH].[HH].[HH]. The Labute approximate surface area is 195 Å². The highest BCUT2D eigenvalue weighted by Gasteiger charge is 2.18. The zero-order valence-corrected chi connectivity index (χ0v) is 18.7. The first-order valence-electron chi connectivity index (χ1n) is 10.7. The predicted molar refractivity (Wildman–Crippen MR) is 130 cm³/mol. The topological polar surface area (TPSA) is 112 Å². The van der Waals surface area contributed by atoms with Crippen molar-refractivity contribution < 1.29 is 18.1 Å². The maximum absolute atomic E-state index is 13.3. The number of nitrogens with zero attached hydrogens (tertiary/aromatic N) is 5. The second-order valence-corrected chi connectivity index (χ2v) is 7.75. The van der Waals surface area contributed by atoms with E-state index in [1.54, 1.807) is 41.2 Å². The molecule has 10 heteroatoms. The van der Waals surface area contributed by atoms with E-state index < -0.39 is 0 Å². The zero-order valence-electron chi connectivity index (χ0n) is 18.7. The molecule has 0 bridgehead atoms. The van der Waals surface area contributed by atoms with Gasteiger partial charge < -0.3 is 20.5 Å². The Kier molecular flexibility index (Phi) is 6.64. The van der Waals surface area contributed by atoms with E-state index in [0.29, 0.717) is 35.1 Å². The summed E-state index contributed by atoms with van der Waals surface area (Å²) >= 11 is 0. The van der Waals surface area contributed by atoms with Crippen molar-refractivity contribution in [3.63, 3.8) is 0 Å². The average Bonchev–Trinajstić information content (AvgIpc) is 3.12. The average molecular weight is 458 g/mol. The summed E-state index contributed by atoms with van der Waals surface area (Å²) < 4.78 is 26.2. The Morgan fingerprint density at radius 1 is 1.15 bits per heavy atom. The standard InChI is InChI=1S/C23H26FN7O2.3H2/c1-14(2)32-11-12-33-23-28-18(20-21(25)30-31-10-4-9-26-22(20)31)13-19(29-23)27-15(3)16-5-7-17(24)8-6-16;;;/h4-10,13-15H,11-12H2,1-3H3,(H2,25,30)(H,27,28,29);3*1H/t15-;;;/m0.../s1. The van der Waals surface area contributed by atoms with Crippen LogP contribution in [0.2, 0.25) is 0 Å². The van der Waals surface area contributed by atoms with Gasteiger partial charge >= 0.3 is 6.01 Å². The number of hydrogen-bond acceptors (Lipinski definition) is 8. The molecule has 3 heterocycles. The van der Waals surface area contributed by atoms with Crippen LogP contribution in [0.25, 0.3) is 16.9 Å². The minimum atomic E-state index is -0.286. The first-order chi connectivity index (χ1) is 15.9. The zero-order chi connectivity index (χ0) is 23.4. The first-order valence-corrected chi connectivity index (χ1v) is 10.7. The van der Waals surface area contributed by atoms with Gasteiger partial charge in [-0.3, -0.25) is 0 Å². The van der Waals surface area contributed by atoms with Crippen LogP contribution in [0.1, 0.15) is 36.7 Å². The van der Waals surface area contributed by atoms with Crippen molar-refractivity contribution >= 4 is 17.3 Å². The highest BCUT2D eigenvalue weighted by atomic mass is 19.1. The summed E-state index contributed by atoms with van der Waals surface area (Å²) in [4.78, 5) is 13.4. The third-order valence-electron chi connectivity index (χ3n) is 4.88. The normalized spacial score (nSPS) is 12.3. The van der Waals surface area contributed by atoms with Crippen LogP contribution >= 0.6 is 0 Å². The van der Waals surface area contributed by atoms with Crippen LogP contribution in [0, 0.1) is 5.82 Å². The van der Waals surface area contributed by atoms with Crippen LogP contribution in [0.5, 0.6) is 6.01 Å². The molecule has 1 aromatic carbocycles. The Balaban J connectivity index is 0.00000216. The molecule has 0 aliphatic rings. The number of rotatable bonds is 9. The molecule has 3 N–H and O–H groups in total. The van der Waals surface area contributed by atoms with E-state index in [-0.39, 0.29) is 34.9 Å². The molecule has 178 valence electrons. The fourth-order valence-electron chi connectivity index (χ4n) is 3.31. The number of ether oxygens (including phenoxy) is 2. The second kappa shape index (κ2) is 9.78. The van der Waals surface area contributed by atoms with Crippen molar-refractivity contribution in [3.8, 4) is 17.3 Å². The first kappa shape index (κ1) is 22.4. The molecular formula is C23H32FN7O2. The molecule has 0 aliphatic carbocycles. The summed E-state index contributed by atoms with van der Waals surface area (Å²) in [5.41, 5.74) is 8.77. The van der Waals surface area contributed by atoms with Crippen LogP contribution in [0.3, 0.4) is 0 Å². The van der Waals surface area contributed by atoms with Gasteiger partial charge in [0, 0.05) is 28.8 Å². The second-order valence-electron chi connectivity index (χ2n) is 7.75. The Morgan fingerprint density at radius 2 is 1.94 bits per heavy atom. The highest BCUT2D eigenvalue weighted by molar-refractivity contribution is 5.85. The number of halogens is 1. The molecule has 0 spiro atoms. The fourth-order valence-corrected chi connectivity index (χ4v) is 3.31. The Hall–Kier alpha value is -3.79.